The van der Waals surface area contributed by atoms with Crippen molar-refractivity contribution < 1.29 is 4.79 Å². The van der Waals surface area contributed by atoms with E-state index in [4.69, 9.17) is 0 Å². The second kappa shape index (κ2) is 6.19. The fourth-order valence-electron chi connectivity index (χ4n) is 2.15. The number of allylic oxidation sites excluding steroid dienone is 5. The smallest absolute Gasteiger partial charge is 0.185 e. The normalized spacial score (nSPS) is 16.1. The third kappa shape index (κ3) is 3.22. The third-order valence-corrected chi connectivity index (χ3v) is 3.26. The van der Waals surface area contributed by atoms with Crippen LogP contribution in [0, 0.1) is 0 Å². The Morgan fingerprint density at radius 3 is 2.21 bits per heavy atom. The quantitative estimate of drug-likeness (QED) is 0.764. The zero-order chi connectivity index (χ0) is 13.7. The summed E-state index contributed by atoms with van der Waals surface area (Å²) in [5, 5.41) is 0. The molecule has 0 saturated heterocycles. The SMILES string of the molecule is CCN(CC)c1ccc(C=C2C=CC=CC2=O)cc1. The molecule has 0 heterocycles. The van der Waals surface area contributed by atoms with E-state index >= 15 is 0 Å². The molecule has 1 aliphatic rings. The predicted octanol–water partition coefficient (Wildman–Crippen LogP) is 3.61. The van der Waals surface area contributed by atoms with Crippen LogP contribution in [0.3, 0.4) is 0 Å². The highest BCUT2D eigenvalue weighted by molar-refractivity contribution is 6.10. The topological polar surface area (TPSA) is 20.3 Å². The minimum absolute atomic E-state index is 0.0651. The van der Waals surface area contributed by atoms with E-state index in [0.717, 1.165) is 24.2 Å². The van der Waals surface area contributed by atoms with Gasteiger partial charge in [-0.3, -0.25) is 4.79 Å². The second-order valence-corrected chi connectivity index (χ2v) is 4.45. The van der Waals surface area contributed by atoms with Crippen LogP contribution in [0.5, 0.6) is 0 Å². The maximum absolute atomic E-state index is 11.7. The number of hydrogen-bond donors (Lipinski definition) is 0. The molecule has 0 unspecified atom stereocenters. The first-order chi connectivity index (χ1) is 9.24. The lowest BCUT2D eigenvalue weighted by Crippen LogP contribution is -2.21. The molecule has 0 radical (unpaired) electrons. The molecular formula is C17H19NO. The van der Waals surface area contributed by atoms with Gasteiger partial charge in [-0.1, -0.05) is 30.4 Å². The molecule has 0 bridgehead atoms. The Labute approximate surface area is 114 Å². The highest BCUT2D eigenvalue weighted by Gasteiger charge is 2.06. The summed E-state index contributed by atoms with van der Waals surface area (Å²) in [4.78, 5) is 13.9. The number of benzene rings is 1. The minimum atomic E-state index is 0.0651. The molecule has 1 aromatic rings. The van der Waals surface area contributed by atoms with Gasteiger partial charge in [-0.15, -0.1) is 0 Å². The maximum atomic E-state index is 11.7. The zero-order valence-corrected chi connectivity index (χ0v) is 11.5. The van der Waals surface area contributed by atoms with Crippen LogP contribution in [0.1, 0.15) is 19.4 Å². The summed E-state index contributed by atoms with van der Waals surface area (Å²) >= 11 is 0. The fraction of sp³-hybridized carbons (Fsp3) is 0.235. The Morgan fingerprint density at radius 1 is 1.00 bits per heavy atom. The highest BCUT2D eigenvalue weighted by Crippen LogP contribution is 2.18. The lowest BCUT2D eigenvalue weighted by molar-refractivity contribution is -0.111. The molecule has 0 spiro atoms. The van der Waals surface area contributed by atoms with Gasteiger partial charge in [0.15, 0.2) is 5.78 Å². The van der Waals surface area contributed by atoms with Crippen LogP contribution in [-0.4, -0.2) is 18.9 Å². The Bertz CT molecular complexity index is 531. The Morgan fingerprint density at radius 2 is 1.63 bits per heavy atom. The molecule has 0 fully saturated rings. The summed E-state index contributed by atoms with van der Waals surface area (Å²) in [7, 11) is 0. The van der Waals surface area contributed by atoms with Gasteiger partial charge in [0, 0.05) is 24.4 Å². The average Bonchev–Trinajstić information content (AvgIpc) is 2.44. The second-order valence-electron chi connectivity index (χ2n) is 4.45. The van der Waals surface area contributed by atoms with Gasteiger partial charge in [-0.2, -0.15) is 0 Å². The number of rotatable bonds is 4. The summed E-state index contributed by atoms with van der Waals surface area (Å²) in [6.45, 7) is 6.31. The molecule has 0 aliphatic heterocycles. The zero-order valence-electron chi connectivity index (χ0n) is 11.5. The van der Waals surface area contributed by atoms with Crippen molar-refractivity contribution in [2.45, 2.75) is 13.8 Å². The molecule has 1 aromatic carbocycles. The largest absolute Gasteiger partial charge is 0.372 e. The molecule has 2 rings (SSSR count). The molecule has 0 aromatic heterocycles. The van der Waals surface area contributed by atoms with Crippen molar-refractivity contribution in [1.29, 1.82) is 0 Å². The van der Waals surface area contributed by atoms with E-state index in [2.05, 4.69) is 43.0 Å². The van der Waals surface area contributed by atoms with Crippen molar-refractivity contribution >= 4 is 17.5 Å². The van der Waals surface area contributed by atoms with Gasteiger partial charge in [0.2, 0.25) is 0 Å². The minimum Gasteiger partial charge on any atom is -0.372 e. The molecule has 0 atom stereocenters. The summed E-state index contributed by atoms with van der Waals surface area (Å²) in [5.74, 6) is 0.0651. The van der Waals surface area contributed by atoms with Crippen LogP contribution < -0.4 is 4.90 Å². The summed E-state index contributed by atoms with van der Waals surface area (Å²) in [6.07, 6.45) is 9.02. The van der Waals surface area contributed by atoms with Crippen LogP contribution in [0.2, 0.25) is 0 Å². The van der Waals surface area contributed by atoms with Crippen molar-refractivity contribution in [2.24, 2.45) is 0 Å². The maximum Gasteiger partial charge on any atom is 0.185 e. The predicted molar refractivity (Wildman–Crippen MR) is 81.3 cm³/mol. The van der Waals surface area contributed by atoms with Crippen LogP contribution in [0.15, 0.2) is 54.1 Å². The lowest BCUT2D eigenvalue weighted by Gasteiger charge is -2.20. The monoisotopic (exact) mass is 253 g/mol. The van der Waals surface area contributed by atoms with Gasteiger partial charge in [-0.05, 0) is 43.7 Å². The summed E-state index contributed by atoms with van der Waals surface area (Å²) in [6, 6.07) is 8.32. The van der Waals surface area contributed by atoms with E-state index in [1.807, 2.05) is 18.2 Å². The van der Waals surface area contributed by atoms with Crippen molar-refractivity contribution in [3.8, 4) is 0 Å². The average molecular weight is 253 g/mol. The number of anilines is 1. The Kier molecular flexibility index (Phi) is 4.35. The first-order valence-corrected chi connectivity index (χ1v) is 6.70. The van der Waals surface area contributed by atoms with Gasteiger partial charge >= 0.3 is 0 Å². The molecule has 0 amide bonds. The van der Waals surface area contributed by atoms with E-state index in [0.29, 0.717) is 0 Å². The molecule has 98 valence electrons. The van der Waals surface area contributed by atoms with Crippen molar-refractivity contribution in [3.05, 3.63) is 59.7 Å². The fourth-order valence-corrected chi connectivity index (χ4v) is 2.15. The summed E-state index contributed by atoms with van der Waals surface area (Å²) in [5.41, 5.74) is 3.01. The van der Waals surface area contributed by atoms with Crippen LogP contribution in [-0.2, 0) is 4.79 Å². The van der Waals surface area contributed by atoms with E-state index in [1.165, 1.54) is 5.69 Å². The Balaban J connectivity index is 2.19. The number of hydrogen-bond acceptors (Lipinski definition) is 2. The molecule has 2 nitrogen and oxygen atoms in total. The van der Waals surface area contributed by atoms with E-state index in [1.54, 1.807) is 12.2 Å². The molecular weight excluding hydrogens is 234 g/mol. The standard InChI is InChI=1S/C17H19NO/c1-3-18(4-2)16-11-9-14(10-12-16)13-15-7-5-6-8-17(15)19/h5-13H,3-4H2,1-2H3. The van der Waals surface area contributed by atoms with Gasteiger partial charge in [0.25, 0.3) is 0 Å². The Hall–Kier alpha value is -2.09. The van der Waals surface area contributed by atoms with E-state index in [-0.39, 0.29) is 5.78 Å². The van der Waals surface area contributed by atoms with Gasteiger partial charge in [0.05, 0.1) is 0 Å². The first kappa shape index (κ1) is 13.3. The van der Waals surface area contributed by atoms with Crippen molar-refractivity contribution in [1.82, 2.24) is 0 Å². The van der Waals surface area contributed by atoms with Gasteiger partial charge < -0.3 is 4.90 Å². The highest BCUT2D eigenvalue weighted by atomic mass is 16.1. The summed E-state index contributed by atoms with van der Waals surface area (Å²) < 4.78 is 0. The van der Waals surface area contributed by atoms with E-state index < -0.39 is 0 Å². The van der Waals surface area contributed by atoms with E-state index in [9.17, 15) is 4.79 Å². The van der Waals surface area contributed by atoms with Gasteiger partial charge in [0.1, 0.15) is 0 Å². The molecule has 2 heteroatoms. The van der Waals surface area contributed by atoms with Gasteiger partial charge in [-0.25, -0.2) is 0 Å². The van der Waals surface area contributed by atoms with Crippen LogP contribution in [0.25, 0.3) is 6.08 Å². The third-order valence-electron chi connectivity index (χ3n) is 3.26. The number of nitrogens with zero attached hydrogens (tertiary/aromatic N) is 1. The number of ketones is 1. The van der Waals surface area contributed by atoms with Crippen molar-refractivity contribution in [3.63, 3.8) is 0 Å². The van der Waals surface area contributed by atoms with Crippen LogP contribution in [0.4, 0.5) is 5.69 Å². The van der Waals surface area contributed by atoms with Crippen LogP contribution >= 0.6 is 0 Å². The molecule has 0 saturated carbocycles. The molecule has 0 N–H and O–H groups in total. The number of carbonyl (C=O) groups is 1. The molecule has 19 heavy (non-hydrogen) atoms. The lowest BCUT2D eigenvalue weighted by atomic mass is 10.0. The number of carbonyl (C=O) groups excluding carboxylic acids is 1. The first-order valence-electron chi connectivity index (χ1n) is 6.70. The molecule has 1 aliphatic carbocycles. The van der Waals surface area contributed by atoms with Crippen molar-refractivity contribution in [2.75, 3.05) is 18.0 Å².